The molecule has 206 valence electrons. The minimum Gasteiger partial charge on any atom is -0.481 e. The number of H-pyrrole nitrogens is 1. The maximum absolute atomic E-state index is 13.3. The summed E-state index contributed by atoms with van der Waals surface area (Å²) in [6, 6.07) is 2.15. The Labute approximate surface area is 217 Å². The zero-order valence-corrected chi connectivity index (χ0v) is 20.7. The van der Waals surface area contributed by atoms with Crippen LogP contribution in [0.15, 0.2) is 30.5 Å². The molecule has 1 heterocycles. The van der Waals surface area contributed by atoms with Crippen LogP contribution in [0.25, 0.3) is 10.9 Å². The van der Waals surface area contributed by atoms with Gasteiger partial charge < -0.3 is 42.6 Å². The van der Waals surface area contributed by atoms with E-state index in [0.29, 0.717) is 5.56 Å². The molecule has 0 bridgehead atoms. The summed E-state index contributed by atoms with van der Waals surface area (Å²) in [6.45, 7) is 1.21. The molecule has 1 aromatic heterocycles. The van der Waals surface area contributed by atoms with Crippen LogP contribution in [-0.4, -0.2) is 74.9 Å². The third-order valence-corrected chi connectivity index (χ3v) is 5.78. The summed E-state index contributed by atoms with van der Waals surface area (Å²) >= 11 is 0. The number of carbonyl (C=O) groups excluding carboxylic acids is 4. The first-order chi connectivity index (χ1) is 17.9. The number of hydrogen-bond acceptors (Lipinski definition) is 7. The van der Waals surface area contributed by atoms with Crippen molar-refractivity contribution in [3.63, 3.8) is 0 Å². The Kier molecular flexibility index (Phi) is 10.8. The highest BCUT2D eigenvalue weighted by molar-refractivity contribution is 5.95. The van der Waals surface area contributed by atoms with E-state index < -0.39 is 66.2 Å². The molecule has 0 spiro atoms. The van der Waals surface area contributed by atoms with Crippen molar-refractivity contribution in [1.82, 2.24) is 20.9 Å². The Hall–Kier alpha value is -4.46. The number of para-hydroxylation sites is 1. The molecule has 2 rings (SSSR count). The van der Waals surface area contributed by atoms with Crippen molar-refractivity contribution >= 4 is 46.5 Å². The monoisotopic (exact) mass is 532 g/mol. The Balaban J connectivity index is 2.28. The van der Waals surface area contributed by atoms with Gasteiger partial charge in [0.05, 0.1) is 6.04 Å². The first-order valence-corrected chi connectivity index (χ1v) is 11.8. The van der Waals surface area contributed by atoms with E-state index in [-0.39, 0.29) is 25.7 Å². The maximum Gasteiger partial charge on any atom is 0.325 e. The Morgan fingerprint density at radius 2 is 1.53 bits per heavy atom. The first-order valence-electron chi connectivity index (χ1n) is 11.8. The molecule has 0 fully saturated rings. The van der Waals surface area contributed by atoms with Crippen molar-refractivity contribution in [2.75, 3.05) is 0 Å². The topological polar surface area (TPSA) is 247 Å². The summed E-state index contributed by atoms with van der Waals surface area (Å²) in [6.07, 6.45) is 0.616. The number of hydrogen-bond donors (Lipinski definition) is 8. The highest BCUT2D eigenvalue weighted by atomic mass is 16.4. The Morgan fingerprint density at radius 1 is 0.895 bits per heavy atom. The largest absolute Gasteiger partial charge is 0.481 e. The number of nitrogens with two attached hydrogens (primary N) is 2. The zero-order valence-electron chi connectivity index (χ0n) is 20.7. The van der Waals surface area contributed by atoms with Crippen molar-refractivity contribution in [3.05, 3.63) is 36.0 Å². The van der Waals surface area contributed by atoms with E-state index in [0.717, 1.165) is 10.9 Å². The standard InChI is InChI=1S/C24H32N6O8/c1-12(24(37)38)28-22(35)17(7-9-20(32)33)29-23(36)18(30-21(34)15(25)6-8-19(26)31)10-13-11-27-16-5-3-2-4-14(13)16/h2-5,11-12,15,17-18,27H,6-10,25H2,1H3,(H2,26,31)(H,28,35)(H,29,36)(H,30,34)(H,32,33)(H,37,38). The molecule has 4 atom stereocenters. The fourth-order valence-electron chi connectivity index (χ4n) is 3.62. The quantitative estimate of drug-likeness (QED) is 0.136. The van der Waals surface area contributed by atoms with Crippen LogP contribution in [0.2, 0.25) is 0 Å². The van der Waals surface area contributed by atoms with Crippen LogP contribution in [-0.2, 0) is 35.2 Å². The number of aliphatic carboxylic acids is 2. The summed E-state index contributed by atoms with van der Waals surface area (Å²) in [4.78, 5) is 75.0. The highest BCUT2D eigenvalue weighted by Crippen LogP contribution is 2.19. The van der Waals surface area contributed by atoms with Gasteiger partial charge >= 0.3 is 11.9 Å². The zero-order chi connectivity index (χ0) is 28.4. The van der Waals surface area contributed by atoms with Gasteiger partial charge in [-0.25, -0.2) is 0 Å². The molecule has 1 aromatic carbocycles. The molecule has 0 aliphatic carbocycles. The fourth-order valence-corrected chi connectivity index (χ4v) is 3.62. The van der Waals surface area contributed by atoms with Gasteiger partial charge in [0, 0.05) is 36.4 Å². The smallest absolute Gasteiger partial charge is 0.325 e. The van der Waals surface area contributed by atoms with E-state index in [1.54, 1.807) is 12.3 Å². The molecule has 38 heavy (non-hydrogen) atoms. The number of carboxylic acids is 2. The summed E-state index contributed by atoms with van der Waals surface area (Å²) in [7, 11) is 0. The molecule has 14 heteroatoms. The van der Waals surface area contributed by atoms with E-state index >= 15 is 0 Å². The van der Waals surface area contributed by atoms with Gasteiger partial charge in [0.1, 0.15) is 18.1 Å². The molecule has 0 aliphatic heterocycles. The van der Waals surface area contributed by atoms with E-state index in [2.05, 4.69) is 20.9 Å². The minimum absolute atomic E-state index is 0.0249. The molecule has 0 aliphatic rings. The van der Waals surface area contributed by atoms with Crippen LogP contribution in [0.1, 0.15) is 38.2 Å². The number of primary amides is 1. The number of carboxylic acid groups (broad SMARTS) is 2. The van der Waals surface area contributed by atoms with Gasteiger partial charge in [-0.05, 0) is 31.4 Å². The number of rotatable bonds is 15. The van der Waals surface area contributed by atoms with E-state index in [1.807, 2.05) is 18.2 Å². The number of aromatic amines is 1. The van der Waals surface area contributed by atoms with Crippen molar-refractivity contribution in [3.8, 4) is 0 Å². The van der Waals surface area contributed by atoms with Gasteiger partial charge in [-0.3, -0.25) is 28.8 Å². The molecule has 0 radical (unpaired) electrons. The molecular weight excluding hydrogens is 500 g/mol. The second-order valence-electron chi connectivity index (χ2n) is 8.80. The predicted octanol–water partition coefficient (Wildman–Crippen LogP) is -1.27. The van der Waals surface area contributed by atoms with E-state index in [1.165, 1.54) is 6.92 Å². The molecule has 4 amide bonds. The van der Waals surface area contributed by atoms with Crippen molar-refractivity contribution in [2.24, 2.45) is 11.5 Å². The lowest BCUT2D eigenvalue weighted by molar-refractivity contribution is -0.142. The number of aromatic nitrogens is 1. The molecule has 2 aromatic rings. The number of carbonyl (C=O) groups is 6. The summed E-state index contributed by atoms with van der Waals surface area (Å²) in [5, 5.41) is 26.1. The minimum atomic E-state index is -1.40. The maximum atomic E-state index is 13.3. The third-order valence-electron chi connectivity index (χ3n) is 5.78. The third kappa shape index (κ3) is 8.89. The van der Waals surface area contributed by atoms with Crippen LogP contribution in [0, 0.1) is 0 Å². The number of nitrogens with one attached hydrogen (secondary N) is 4. The normalized spacial score (nSPS) is 14.1. The van der Waals surface area contributed by atoms with Crippen molar-refractivity contribution in [2.45, 2.75) is 63.2 Å². The second kappa shape index (κ2) is 13.7. The highest BCUT2D eigenvalue weighted by Gasteiger charge is 2.30. The first kappa shape index (κ1) is 29.8. The lowest BCUT2D eigenvalue weighted by Gasteiger charge is -2.24. The average Bonchev–Trinajstić information content (AvgIpc) is 3.26. The number of amides is 4. The molecule has 0 saturated carbocycles. The van der Waals surface area contributed by atoms with Gasteiger partial charge in [-0.15, -0.1) is 0 Å². The molecule has 14 nitrogen and oxygen atoms in total. The molecule has 10 N–H and O–H groups in total. The van der Waals surface area contributed by atoms with Gasteiger partial charge in [0.2, 0.25) is 23.6 Å². The molecule has 4 unspecified atom stereocenters. The Morgan fingerprint density at radius 3 is 2.16 bits per heavy atom. The lowest BCUT2D eigenvalue weighted by atomic mass is 10.0. The van der Waals surface area contributed by atoms with Crippen LogP contribution in [0.4, 0.5) is 0 Å². The number of benzene rings is 1. The summed E-state index contributed by atoms with van der Waals surface area (Å²) in [5.74, 6) is -5.66. The lowest BCUT2D eigenvalue weighted by Crippen LogP contribution is -2.57. The SMILES string of the molecule is CC(NC(=O)C(CCC(=O)O)NC(=O)C(Cc1c[nH]c2ccccc12)NC(=O)C(N)CCC(N)=O)C(=O)O. The predicted molar refractivity (Wildman–Crippen MR) is 134 cm³/mol. The van der Waals surface area contributed by atoms with Gasteiger partial charge in [-0.1, -0.05) is 18.2 Å². The summed E-state index contributed by atoms with van der Waals surface area (Å²) in [5.41, 5.74) is 12.4. The summed E-state index contributed by atoms with van der Waals surface area (Å²) < 4.78 is 0. The van der Waals surface area contributed by atoms with Gasteiger partial charge in [0.25, 0.3) is 0 Å². The van der Waals surface area contributed by atoms with Gasteiger partial charge in [-0.2, -0.15) is 0 Å². The van der Waals surface area contributed by atoms with Crippen molar-refractivity contribution in [1.29, 1.82) is 0 Å². The van der Waals surface area contributed by atoms with Crippen LogP contribution in [0.3, 0.4) is 0 Å². The molecule has 0 saturated heterocycles. The van der Waals surface area contributed by atoms with E-state index in [9.17, 15) is 28.8 Å². The van der Waals surface area contributed by atoms with Crippen LogP contribution in [0.5, 0.6) is 0 Å². The fraction of sp³-hybridized carbons (Fsp3) is 0.417. The average molecular weight is 533 g/mol. The van der Waals surface area contributed by atoms with Crippen molar-refractivity contribution < 1.29 is 39.0 Å². The van der Waals surface area contributed by atoms with Crippen LogP contribution >= 0.6 is 0 Å². The van der Waals surface area contributed by atoms with Gasteiger partial charge in [0.15, 0.2) is 0 Å². The molecular formula is C24H32N6O8. The Bertz CT molecular complexity index is 1200. The van der Waals surface area contributed by atoms with Crippen LogP contribution < -0.4 is 27.4 Å². The second-order valence-corrected chi connectivity index (χ2v) is 8.80. The number of fused-ring (bicyclic) bond motifs is 1. The van der Waals surface area contributed by atoms with E-state index in [4.69, 9.17) is 21.7 Å².